The lowest BCUT2D eigenvalue weighted by Crippen LogP contribution is -2.40. The van der Waals surface area contributed by atoms with Gasteiger partial charge in [-0.05, 0) is 131 Å². The number of nitrogens with zero attached hydrogens (tertiary/aromatic N) is 1. The second-order valence-corrected chi connectivity index (χ2v) is 18.4. The van der Waals surface area contributed by atoms with Gasteiger partial charge in [0.05, 0.1) is 5.41 Å². The van der Waals surface area contributed by atoms with Crippen molar-refractivity contribution in [2.45, 2.75) is 43.9 Å². The van der Waals surface area contributed by atoms with Gasteiger partial charge in [0.25, 0.3) is 0 Å². The van der Waals surface area contributed by atoms with Gasteiger partial charge < -0.3 is 4.90 Å². The summed E-state index contributed by atoms with van der Waals surface area (Å²) in [5, 5.41) is 0. The fourth-order valence-corrected chi connectivity index (χ4v) is 11.6. The first kappa shape index (κ1) is 36.6. The highest BCUT2D eigenvalue weighted by Gasteiger charge is 2.53. The Morgan fingerprint density at radius 3 is 1.40 bits per heavy atom. The van der Waals surface area contributed by atoms with Crippen molar-refractivity contribution in [1.29, 1.82) is 0 Å². The fraction of sp³-hybridized carbons (Fsp3) is 0.115. The lowest BCUT2D eigenvalue weighted by atomic mass is 9.55. The fourth-order valence-electron chi connectivity index (χ4n) is 11.6. The highest BCUT2D eigenvalue weighted by Crippen LogP contribution is 2.63. The van der Waals surface area contributed by atoms with Gasteiger partial charge in [0.2, 0.25) is 0 Å². The zero-order chi connectivity index (χ0) is 41.8. The van der Waals surface area contributed by atoms with Crippen LogP contribution in [0.1, 0.15) is 72.2 Å². The molecule has 0 N–H and O–H groups in total. The van der Waals surface area contributed by atoms with Crippen molar-refractivity contribution in [2.24, 2.45) is 0 Å². The predicted octanol–water partition coefficient (Wildman–Crippen LogP) is 15.8. The Kier molecular flexibility index (Phi) is 7.91. The Morgan fingerprint density at radius 2 is 0.726 bits per heavy atom. The molecule has 0 saturated carbocycles. The minimum Gasteiger partial charge on any atom is -0.310 e. The molecule has 0 heterocycles. The first-order valence-corrected chi connectivity index (χ1v) is 22.0. The van der Waals surface area contributed by atoms with Crippen molar-refractivity contribution >= 4 is 17.1 Å². The summed E-state index contributed by atoms with van der Waals surface area (Å²) in [7, 11) is 0. The van der Waals surface area contributed by atoms with E-state index in [0.717, 1.165) is 17.1 Å². The molecule has 0 unspecified atom stereocenters. The first-order chi connectivity index (χ1) is 30.3. The zero-order valence-corrected chi connectivity index (χ0v) is 35.7. The van der Waals surface area contributed by atoms with E-state index in [9.17, 15) is 0 Å². The summed E-state index contributed by atoms with van der Waals surface area (Å²) in [6.07, 6.45) is 0. The molecule has 1 nitrogen and oxygen atoms in total. The third-order valence-electron chi connectivity index (χ3n) is 14.6. The molecule has 1 spiro atoms. The topological polar surface area (TPSA) is 3.24 Å². The van der Waals surface area contributed by atoms with Crippen LogP contribution in [0.5, 0.6) is 0 Å². The summed E-state index contributed by atoms with van der Waals surface area (Å²) in [5.74, 6) is 0. The quantitative estimate of drug-likeness (QED) is 0.168. The number of anilines is 3. The third kappa shape index (κ3) is 5.03. The van der Waals surface area contributed by atoms with Gasteiger partial charge in [-0.3, -0.25) is 0 Å². The Balaban J connectivity index is 0.989. The van der Waals surface area contributed by atoms with Crippen LogP contribution in [0.4, 0.5) is 17.1 Å². The lowest BCUT2D eigenvalue weighted by Gasteiger charge is -2.46. The van der Waals surface area contributed by atoms with Crippen molar-refractivity contribution in [3.63, 3.8) is 0 Å². The Labute approximate surface area is 365 Å². The predicted molar refractivity (Wildman–Crippen MR) is 259 cm³/mol. The smallest absolute Gasteiger partial charge is 0.0719 e. The van der Waals surface area contributed by atoms with Crippen molar-refractivity contribution in [3.8, 4) is 44.5 Å². The van der Waals surface area contributed by atoms with E-state index in [0.29, 0.717) is 0 Å². The van der Waals surface area contributed by atoms with Crippen LogP contribution < -0.4 is 4.90 Å². The number of hydrogen-bond donors (Lipinski definition) is 0. The molecule has 0 aliphatic heterocycles. The first-order valence-electron chi connectivity index (χ1n) is 22.0. The van der Waals surface area contributed by atoms with Crippen LogP contribution in [0.2, 0.25) is 0 Å². The molecule has 0 aromatic heterocycles. The van der Waals surface area contributed by atoms with Gasteiger partial charge in [-0.2, -0.15) is 0 Å². The SMILES string of the molecule is CC1(C)c2cc(-c3cccc4c3-c3ccccc3C43c4ccccc4C(C)(C)c4ccccc43)ccc2-c2ccc(N(c3ccccc3)c3ccc(-c4ccccc4)cc3)cc21. The minimum absolute atomic E-state index is 0.126. The maximum absolute atomic E-state index is 2.50. The molecular formula is C61H47N. The van der Waals surface area contributed by atoms with Crippen LogP contribution in [0.3, 0.4) is 0 Å². The molecule has 12 rings (SSSR count). The second-order valence-electron chi connectivity index (χ2n) is 18.4. The lowest BCUT2D eigenvalue weighted by molar-refractivity contribution is 0.563. The van der Waals surface area contributed by atoms with Crippen LogP contribution in [0.15, 0.2) is 212 Å². The van der Waals surface area contributed by atoms with Gasteiger partial charge >= 0.3 is 0 Å². The number of fused-ring (bicyclic) bond motifs is 12. The van der Waals surface area contributed by atoms with Gasteiger partial charge in [-0.1, -0.05) is 198 Å². The van der Waals surface area contributed by atoms with E-state index in [-0.39, 0.29) is 10.8 Å². The monoisotopic (exact) mass is 793 g/mol. The summed E-state index contributed by atoms with van der Waals surface area (Å²) in [5.41, 5.74) is 24.0. The van der Waals surface area contributed by atoms with Crippen LogP contribution in [-0.4, -0.2) is 0 Å². The van der Waals surface area contributed by atoms with E-state index in [2.05, 4.69) is 245 Å². The molecule has 0 saturated heterocycles. The second kappa shape index (κ2) is 13.4. The molecule has 3 aliphatic carbocycles. The normalized spacial score (nSPS) is 15.2. The van der Waals surface area contributed by atoms with Crippen LogP contribution >= 0.6 is 0 Å². The Hall–Kier alpha value is -7.22. The number of hydrogen-bond acceptors (Lipinski definition) is 1. The van der Waals surface area contributed by atoms with Gasteiger partial charge in [0, 0.05) is 27.9 Å². The van der Waals surface area contributed by atoms with Crippen LogP contribution in [-0.2, 0) is 16.2 Å². The number of para-hydroxylation sites is 1. The van der Waals surface area contributed by atoms with Crippen molar-refractivity contribution in [3.05, 3.63) is 257 Å². The molecular weight excluding hydrogens is 747 g/mol. The van der Waals surface area contributed by atoms with E-state index >= 15 is 0 Å². The van der Waals surface area contributed by atoms with Gasteiger partial charge in [-0.25, -0.2) is 0 Å². The van der Waals surface area contributed by atoms with Crippen molar-refractivity contribution in [1.82, 2.24) is 0 Å². The van der Waals surface area contributed by atoms with Crippen molar-refractivity contribution < 1.29 is 0 Å². The maximum atomic E-state index is 2.50. The van der Waals surface area contributed by atoms with Crippen LogP contribution in [0, 0.1) is 0 Å². The molecule has 296 valence electrons. The molecule has 3 aliphatic rings. The molecule has 0 fully saturated rings. The summed E-state index contributed by atoms with van der Waals surface area (Å²) >= 11 is 0. The molecule has 0 radical (unpaired) electrons. The summed E-state index contributed by atoms with van der Waals surface area (Å²) in [6.45, 7) is 9.60. The molecule has 0 amide bonds. The summed E-state index contributed by atoms with van der Waals surface area (Å²) in [4.78, 5) is 2.39. The standard InChI is InChI=1S/C61H47N/c1-59(2)51-25-13-15-27-53(51)61(54-28-16-14-26-52(54)59)50-24-12-11-22-49(50)58-46(23-17-29-55(58)61)42-32-36-47-48-37-35-45(39-57(48)60(3,4)56(47)38-42)62(43-20-9-6-10-21-43)44-33-30-41(31-34-44)40-18-7-5-8-19-40/h5-39H,1-4H3. The highest BCUT2D eigenvalue weighted by atomic mass is 15.1. The van der Waals surface area contributed by atoms with Gasteiger partial charge in [0.1, 0.15) is 0 Å². The molecule has 1 heteroatoms. The van der Waals surface area contributed by atoms with E-state index < -0.39 is 5.41 Å². The van der Waals surface area contributed by atoms with Crippen LogP contribution in [0.25, 0.3) is 44.5 Å². The Morgan fingerprint density at radius 1 is 0.274 bits per heavy atom. The third-order valence-corrected chi connectivity index (χ3v) is 14.6. The number of benzene rings is 9. The molecule has 0 bridgehead atoms. The molecule has 9 aromatic carbocycles. The van der Waals surface area contributed by atoms with E-state index in [1.54, 1.807) is 0 Å². The minimum atomic E-state index is -0.417. The van der Waals surface area contributed by atoms with Crippen molar-refractivity contribution in [2.75, 3.05) is 4.90 Å². The average Bonchev–Trinajstić information content (AvgIpc) is 3.74. The largest absolute Gasteiger partial charge is 0.310 e. The highest BCUT2D eigenvalue weighted by molar-refractivity contribution is 5.97. The summed E-state index contributed by atoms with van der Waals surface area (Å²) in [6, 6.07) is 79.4. The van der Waals surface area contributed by atoms with E-state index in [1.807, 2.05) is 0 Å². The van der Waals surface area contributed by atoms with Gasteiger partial charge in [0.15, 0.2) is 0 Å². The number of rotatable bonds is 5. The zero-order valence-electron chi connectivity index (χ0n) is 35.7. The van der Waals surface area contributed by atoms with E-state index in [1.165, 1.54) is 89.0 Å². The summed E-state index contributed by atoms with van der Waals surface area (Å²) < 4.78 is 0. The molecule has 0 atom stereocenters. The molecule has 9 aromatic rings. The van der Waals surface area contributed by atoms with E-state index in [4.69, 9.17) is 0 Å². The van der Waals surface area contributed by atoms with Gasteiger partial charge in [-0.15, -0.1) is 0 Å². The maximum Gasteiger partial charge on any atom is 0.0719 e. The average molecular weight is 794 g/mol. The molecule has 62 heavy (non-hydrogen) atoms. The Bertz CT molecular complexity index is 3170.